The molecule has 0 saturated carbocycles. The van der Waals surface area contributed by atoms with E-state index in [-0.39, 0.29) is 37.8 Å². The Morgan fingerprint density at radius 2 is 2.07 bits per heavy atom. The highest BCUT2D eigenvalue weighted by Crippen LogP contribution is 2.10. The molecule has 0 aromatic heterocycles. The third kappa shape index (κ3) is 2.96. The molecule has 0 aromatic rings. The summed E-state index contributed by atoms with van der Waals surface area (Å²) in [5, 5.41) is 2.66. The molecule has 8 heteroatoms. The van der Waals surface area contributed by atoms with E-state index in [1.54, 1.807) is 0 Å². The standard InChI is InChI=1S/C7H8N4O4/c8-10-9-7(14)15-4-3-11-5(12)1-2-6(11)13/h1-4H2. The van der Waals surface area contributed by atoms with Crippen LogP contribution in [0, 0.1) is 0 Å². The first-order chi connectivity index (χ1) is 7.15. The maximum atomic E-state index is 11.1. The molecule has 0 atom stereocenters. The molecule has 80 valence electrons. The summed E-state index contributed by atoms with van der Waals surface area (Å²) in [6.45, 7) is -0.153. The Bertz CT molecular complexity index is 331. The zero-order chi connectivity index (χ0) is 11.3. The number of imide groups is 1. The number of amides is 3. The SMILES string of the molecule is [N-]=[N+]=NC(=O)OCCN1C(=O)CCC1=O. The number of hydrogen-bond donors (Lipinski definition) is 0. The highest BCUT2D eigenvalue weighted by molar-refractivity contribution is 6.01. The van der Waals surface area contributed by atoms with Crippen molar-refractivity contribution in [3.8, 4) is 0 Å². The minimum absolute atomic E-state index is 0.00432. The van der Waals surface area contributed by atoms with E-state index in [1.165, 1.54) is 0 Å². The van der Waals surface area contributed by atoms with Gasteiger partial charge in [-0.25, -0.2) is 4.79 Å². The third-order valence-corrected chi connectivity index (χ3v) is 1.82. The Hall–Kier alpha value is -2.08. The van der Waals surface area contributed by atoms with Crippen molar-refractivity contribution in [2.45, 2.75) is 12.8 Å². The fourth-order valence-corrected chi connectivity index (χ4v) is 1.16. The van der Waals surface area contributed by atoms with Gasteiger partial charge in [0.1, 0.15) is 6.61 Å². The molecule has 0 N–H and O–H groups in total. The van der Waals surface area contributed by atoms with Crippen LogP contribution in [0.4, 0.5) is 4.79 Å². The largest absolute Gasteiger partial charge is 0.459 e. The predicted octanol–water partition coefficient (Wildman–Crippen LogP) is 0.582. The van der Waals surface area contributed by atoms with Crippen molar-refractivity contribution in [3.63, 3.8) is 0 Å². The van der Waals surface area contributed by atoms with Crippen LogP contribution in [0.15, 0.2) is 5.11 Å². The summed E-state index contributed by atoms with van der Waals surface area (Å²) in [5.74, 6) is -0.556. The molecular formula is C7H8N4O4. The first-order valence-corrected chi connectivity index (χ1v) is 4.20. The van der Waals surface area contributed by atoms with Crippen molar-refractivity contribution in [2.24, 2.45) is 5.11 Å². The zero-order valence-electron chi connectivity index (χ0n) is 7.75. The molecule has 1 fully saturated rings. The highest BCUT2D eigenvalue weighted by atomic mass is 16.5. The molecule has 3 amide bonds. The Morgan fingerprint density at radius 1 is 1.47 bits per heavy atom. The van der Waals surface area contributed by atoms with Crippen LogP contribution >= 0.6 is 0 Å². The number of likely N-dealkylation sites (tertiary alicyclic amines) is 1. The van der Waals surface area contributed by atoms with Gasteiger partial charge in [0.15, 0.2) is 0 Å². The maximum Gasteiger partial charge on any atom is 0.396 e. The predicted molar refractivity (Wildman–Crippen MR) is 46.4 cm³/mol. The molecule has 1 heterocycles. The lowest BCUT2D eigenvalue weighted by Crippen LogP contribution is -2.32. The van der Waals surface area contributed by atoms with Gasteiger partial charge in [-0.1, -0.05) is 0 Å². The van der Waals surface area contributed by atoms with Gasteiger partial charge in [0, 0.05) is 22.9 Å². The van der Waals surface area contributed by atoms with E-state index in [0.717, 1.165) is 4.90 Å². The van der Waals surface area contributed by atoms with Crippen molar-refractivity contribution in [2.75, 3.05) is 13.2 Å². The van der Waals surface area contributed by atoms with Crippen LogP contribution in [0.3, 0.4) is 0 Å². The van der Waals surface area contributed by atoms with Crippen LogP contribution in [0.2, 0.25) is 0 Å². The summed E-state index contributed by atoms with van der Waals surface area (Å²) in [7, 11) is 0. The van der Waals surface area contributed by atoms with Crippen molar-refractivity contribution in [1.29, 1.82) is 0 Å². The van der Waals surface area contributed by atoms with Gasteiger partial charge in [-0.2, -0.15) is 0 Å². The van der Waals surface area contributed by atoms with Gasteiger partial charge in [0.05, 0.1) is 6.54 Å². The molecule has 8 nitrogen and oxygen atoms in total. The molecular weight excluding hydrogens is 204 g/mol. The van der Waals surface area contributed by atoms with Crippen LogP contribution in [-0.2, 0) is 14.3 Å². The number of carbonyl (C=O) groups excluding carboxylic acids is 3. The summed E-state index contributed by atoms with van der Waals surface area (Å²) in [6.07, 6.45) is -0.678. The fraction of sp³-hybridized carbons (Fsp3) is 0.571. The Balaban J connectivity index is 2.31. The summed E-state index contributed by atoms with van der Waals surface area (Å²) in [4.78, 5) is 35.9. The van der Waals surface area contributed by atoms with Crippen molar-refractivity contribution in [1.82, 2.24) is 4.90 Å². The average molecular weight is 212 g/mol. The first kappa shape index (κ1) is 11.0. The minimum atomic E-state index is -1.07. The maximum absolute atomic E-state index is 11.1. The van der Waals surface area contributed by atoms with Gasteiger partial charge in [-0.05, 0) is 5.53 Å². The van der Waals surface area contributed by atoms with E-state index in [2.05, 4.69) is 14.8 Å². The van der Waals surface area contributed by atoms with Gasteiger partial charge in [0.25, 0.3) is 0 Å². The molecule has 15 heavy (non-hydrogen) atoms. The molecule has 0 bridgehead atoms. The average Bonchev–Trinajstić information content (AvgIpc) is 2.49. The molecule has 1 saturated heterocycles. The van der Waals surface area contributed by atoms with E-state index in [0.29, 0.717) is 0 Å². The summed E-state index contributed by atoms with van der Waals surface area (Å²) >= 11 is 0. The first-order valence-electron chi connectivity index (χ1n) is 4.20. The lowest BCUT2D eigenvalue weighted by molar-refractivity contribution is -0.138. The summed E-state index contributed by atoms with van der Waals surface area (Å²) in [5.41, 5.74) is 7.87. The lowest BCUT2D eigenvalue weighted by atomic mass is 10.4. The number of azide groups is 1. The smallest absolute Gasteiger partial charge is 0.396 e. The van der Waals surface area contributed by atoms with Gasteiger partial charge < -0.3 is 4.74 Å². The molecule has 1 aliphatic rings. The Kier molecular flexibility index (Phi) is 3.64. The molecule has 1 aliphatic heterocycles. The minimum Gasteiger partial charge on any atom is -0.459 e. The van der Waals surface area contributed by atoms with Crippen LogP contribution in [-0.4, -0.2) is 36.0 Å². The molecule has 0 unspecified atom stereocenters. The van der Waals surface area contributed by atoms with E-state index in [9.17, 15) is 14.4 Å². The van der Waals surface area contributed by atoms with Crippen molar-refractivity contribution >= 4 is 17.9 Å². The summed E-state index contributed by atoms with van der Waals surface area (Å²) in [6, 6.07) is 0. The lowest BCUT2D eigenvalue weighted by Gasteiger charge is -2.12. The second-order valence-corrected chi connectivity index (χ2v) is 2.74. The van der Waals surface area contributed by atoms with E-state index in [4.69, 9.17) is 5.53 Å². The Morgan fingerprint density at radius 3 is 2.60 bits per heavy atom. The number of rotatable bonds is 3. The third-order valence-electron chi connectivity index (χ3n) is 1.82. The van der Waals surface area contributed by atoms with E-state index >= 15 is 0 Å². The number of hydrogen-bond acceptors (Lipinski definition) is 4. The summed E-state index contributed by atoms with van der Waals surface area (Å²) < 4.78 is 4.44. The quantitative estimate of drug-likeness (QED) is 0.294. The van der Waals surface area contributed by atoms with Gasteiger partial charge in [-0.15, -0.1) is 0 Å². The van der Waals surface area contributed by atoms with Crippen LogP contribution in [0.5, 0.6) is 0 Å². The zero-order valence-corrected chi connectivity index (χ0v) is 7.75. The van der Waals surface area contributed by atoms with Crippen LogP contribution in [0.1, 0.15) is 12.8 Å². The molecule has 0 aromatic carbocycles. The normalized spacial score (nSPS) is 15.1. The fourth-order valence-electron chi connectivity index (χ4n) is 1.16. The Labute approximate surface area is 84.4 Å². The van der Waals surface area contributed by atoms with Gasteiger partial charge in [0.2, 0.25) is 11.8 Å². The molecule has 0 spiro atoms. The van der Waals surface area contributed by atoms with Gasteiger partial charge >= 0.3 is 6.09 Å². The topological polar surface area (TPSA) is 112 Å². The van der Waals surface area contributed by atoms with Crippen LogP contribution < -0.4 is 0 Å². The second kappa shape index (κ2) is 4.97. The number of carbonyl (C=O) groups is 3. The molecule has 1 rings (SSSR count). The van der Waals surface area contributed by atoms with Gasteiger partial charge in [-0.3, -0.25) is 14.5 Å². The van der Waals surface area contributed by atoms with E-state index in [1.807, 2.05) is 0 Å². The molecule has 0 radical (unpaired) electrons. The van der Waals surface area contributed by atoms with Crippen molar-refractivity contribution < 1.29 is 19.1 Å². The number of nitrogens with zero attached hydrogens (tertiary/aromatic N) is 4. The van der Waals surface area contributed by atoms with Crippen LogP contribution in [0.25, 0.3) is 10.4 Å². The second-order valence-electron chi connectivity index (χ2n) is 2.74. The number of ether oxygens (including phenoxy) is 1. The van der Waals surface area contributed by atoms with Crippen molar-refractivity contribution in [3.05, 3.63) is 10.4 Å². The van der Waals surface area contributed by atoms with E-state index < -0.39 is 6.09 Å². The highest BCUT2D eigenvalue weighted by Gasteiger charge is 2.28. The molecule has 0 aliphatic carbocycles. The monoisotopic (exact) mass is 212 g/mol.